The lowest BCUT2D eigenvalue weighted by Gasteiger charge is -2.13. The third-order valence-corrected chi connectivity index (χ3v) is 4.38. The van der Waals surface area contributed by atoms with Gasteiger partial charge in [-0.1, -0.05) is 67.6 Å². The molecule has 0 saturated carbocycles. The van der Waals surface area contributed by atoms with Crippen LogP contribution in [0.3, 0.4) is 0 Å². The number of benzene rings is 2. The van der Waals surface area contributed by atoms with Crippen LogP contribution in [-0.2, 0) is 0 Å². The van der Waals surface area contributed by atoms with Crippen LogP contribution in [0.2, 0.25) is 0 Å². The Bertz CT molecular complexity index is 598. The summed E-state index contributed by atoms with van der Waals surface area (Å²) in [5, 5.41) is 0. The van der Waals surface area contributed by atoms with E-state index in [4.69, 9.17) is 0 Å². The fourth-order valence-electron chi connectivity index (χ4n) is 2.85. The second-order valence-electron chi connectivity index (χ2n) is 5.27. The quantitative estimate of drug-likeness (QED) is 0.714. The molecule has 2 aromatic rings. The average Bonchev–Trinajstić information content (AvgIpc) is 2.77. The van der Waals surface area contributed by atoms with Crippen molar-refractivity contribution in [2.24, 2.45) is 0 Å². The number of hydrogen-bond donors (Lipinski definition) is 0. The molecule has 2 atom stereocenters. The first-order valence-corrected chi connectivity index (χ1v) is 7.39. The predicted octanol–water partition coefficient (Wildman–Crippen LogP) is 4.49. The minimum atomic E-state index is 0.370. The molecule has 3 radical (unpaired) electrons. The predicted molar refractivity (Wildman–Crippen MR) is 82.4 cm³/mol. The lowest BCUT2D eigenvalue weighted by molar-refractivity contribution is 0.792. The van der Waals surface area contributed by atoms with Crippen molar-refractivity contribution in [2.75, 3.05) is 0 Å². The molecule has 0 N–H and O–H groups in total. The van der Waals surface area contributed by atoms with Gasteiger partial charge in [-0.3, -0.25) is 0 Å². The Morgan fingerprint density at radius 1 is 1.00 bits per heavy atom. The van der Waals surface area contributed by atoms with E-state index in [9.17, 15) is 0 Å². The average molecular weight is 261 g/mol. The van der Waals surface area contributed by atoms with E-state index in [-0.39, 0.29) is 0 Å². The van der Waals surface area contributed by atoms with Gasteiger partial charge in [-0.15, -0.1) is 0 Å². The lowest BCUT2D eigenvalue weighted by Crippen LogP contribution is -1.95. The molecule has 3 rings (SSSR count). The van der Waals surface area contributed by atoms with Crippen molar-refractivity contribution < 1.29 is 0 Å². The highest BCUT2D eigenvalue weighted by molar-refractivity contribution is 6.16. The van der Waals surface area contributed by atoms with Crippen LogP contribution in [-0.4, -0.2) is 10.2 Å². The zero-order valence-electron chi connectivity index (χ0n) is 11.1. The first-order valence-electron chi connectivity index (χ1n) is 6.82. The van der Waals surface area contributed by atoms with Crippen LogP contribution < -0.4 is 0 Å². The summed E-state index contributed by atoms with van der Waals surface area (Å²) in [4.78, 5) is 0. The Morgan fingerprint density at radius 2 is 1.68 bits per heavy atom. The standard InChI is InChI=1S/C18H17Si/c1-13(14-7-3-2-4-8-14)11-15-12-18(19)17-10-6-5-9-16(15)17/h2-10,12-13,18H,11H2,1H3. The van der Waals surface area contributed by atoms with Crippen LogP contribution in [0, 0.1) is 0 Å². The Hall–Kier alpha value is -1.60. The normalized spacial score (nSPS) is 18.8. The van der Waals surface area contributed by atoms with E-state index < -0.39 is 0 Å². The molecule has 0 fully saturated rings. The van der Waals surface area contributed by atoms with Crippen molar-refractivity contribution in [3.63, 3.8) is 0 Å². The largest absolute Gasteiger partial charge is 0.0767 e. The van der Waals surface area contributed by atoms with Crippen molar-refractivity contribution in [1.29, 1.82) is 0 Å². The third kappa shape index (κ3) is 2.43. The molecule has 0 spiro atoms. The molecule has 0 heterocycles. The Morgan fingerprint density at radius 3 is 2.47 bits per heavy atom. The molecule has 0 aromatic heterocycles. The number of rotatable bonds is 3. The maximum Gasteiger partial charge on any atom is 0.0388 e. The van der Waals surface area contributed by atoms with E-state index >= 15 is 0 Å². The fourth-order valence-corrected chi connectivity index (χ4v) is 3.30. The van der Waals surface area contributed by atoms with Crippen LogP contribution in [0.25, 0.3) is 5.57 Å². The summed E-state index contributed by atoms with van der Waals surface area (Å²) in [5.41, 5.74) is 6.05. The van der Waals surface area contributed by atoms with Crippen LogP contribution >= 0.6 is 0 Å². The highest BCUT2D eigenvalue weighted by atomic mass is 28.1. The van der Waals surface area contributed by atoms with Crippen molar-refractivity contribution in [3.05, 3.63) is 77.4 Å². The van der Waals surface area contributed by atoms with Gasteiger partial charge in [0.05, 0.1) is 0 Å². The van der Waals surface area contributed by atoms with Crippen LogP contribution in [0.15, 0.2) is 60.7 Å². The second kappa shape index (κ2) is 5.18. The van der Waals surface area contributed by atoms with Crippen molar-refractivity contribution in [1.82, 2.24) is 0 Å². The summed E-state index contributed by atoms with van der Waals surface area (Å²) in [7, 11) is 3.80. The zero-order valence-corrected chi connectivity index (χ0v) is 12.1. The molecule has 0 bridgehead atoms. The van der Waals surface area contributed by atoms with Gasteiger partial charge >= 0.3 is 0 Å². The minimum Gasteiger partial charge on any atom is -0.0767 e. The molecular weight excluding hydrogens is 244 g/mol. The van der Waals surface area contributed by atoms with Crippen molar-refractivity contribution >= 4 is 15.8 Å². The summed E-state index contributed by atoms with van der Waals surface area (Å²) < 4.78 is 0. The van der Waals surface area contributed by atoms with E-state index in [2.05, 4.69) is 77.8 Å². The SMILES string of the molecule is CC(CC1=CC([Si])c2ccccc21)c1ccccc1. The van der Waals surface area contributed by atoms with Gasteiger partial charge < -0.3 is 0 Å². The molecule has 1 aliphatic carbocycles. The number of fused-ring (bicyclic) bond motifs is 1. The van der Waals surface area contributed by atoms with E-state index in [0.29, 0.717) is 11.5 Å². The van der Waals surface area contributed by atoms with Gasteiger partial charge in [0.2, 0.25) is 0 Å². The maximum atomic E-state index is 3.80. The summed E-state index contributed by atoms with van der Waals surface area (Å²) in [6.45, 7) is 2.31. The fraction of sp³-hybridized carbons (Fsp3) is 0.222. The molecule has 2 unspecified atom stereocenters. The highest BCUT2D eigenvalue weighted by Crippen LogP contribution is 2.39. The first-order chi connectivity index (χ1) is 9.25. The first kappa shape index (κ1) is 12.4. The molecule has 2 aromatic carbocycles. The van der Waals surface area contributed by atoms with Crippen molar-refractivity contribution in [2.45, 2.75) is 24.8 Å². The second-order valence-corrected chi connectivity index (χ2v) is 5.89. The molecule has 1 heteroatoms. The summed E-state index contributed by atoms with van der Waals surface area (Å²) in [6, 6.07) is 19.4. The Labute approximate surface area is 118 Å². The van der Waals surface area contributed by atoms with Gasteiger partial charge in [0.15, 0.2) is 0 Å². The molecule has 1 aliphatic rings. The molecule has 19 heavy (non-hydrogen) atoms. The van der Waals surface area contributed by atoms with Crippen LogP contribution in [0.1, 0.15) is 41.5 Å². The topological polar surface area (TPSA) is 0 Å². The van der Waals surface area contributed by atoms with E-state index in [1.165, 1.54) is 22.3 Å². The van der Waals surface area contributed by atoms with Crippen LogP contribution in [0.5, 0.6) is 0 Å². The van der Waals surface area contributed by atoms with Gasteiger partial charge in [0, 0.05) is 10.2 Å². The Kier molecular flexibility index (Phi) is 3.39. The van der Waals surface area contributed by atoms with E-state index in [0.717, 1.165) is 6.42 Å². The molecule has 0 nitrogen and oxygen atoms in total. The Balaban J connectivity index is 1.84. The van der Waals surface area contributed by atoms with E-state index in [1.54, 1.807) is 0 Å². The molecular formula is C18H17Si. The molecule has 93 valence electrons. The van der Waals surface area contributed by atoms with Gasteiger partial charge in [-0.05, 0) is 40.1 Å². The van der Waals surface area contributed by atoms with Crippen LogP contribution in [0.4, 0.5) is 0 Å². The van der Waals surface area contributed by atoms with Gasteiger partial charge in [0.1, 0.15) is 0 Å². The number of hydrogen-bond acceptors (Lipinski definition) is 0. The molecule has 0 aliphatic heterocycles. The van der Waals surface area contributed by atoms with Gasteiger partial charge in [0.25, 0.3) is 0 Å². The maximum absolute atomic E-state index is 3.80. The summed E-state index contributed by atoms with van der Waals surface area (Å²) >= 11 is 0. The molecule has 0 saturated heterocycles. The smallest absolute Gasteiger partial charge is 0.0388 e. The summed E-state index contributed by atoms with van der Waals surface area (Å²) in [6.07, 6.45) is 3.45. The summed E-state index contributed by atoms with van der Waals surface area (Å²) in [5.74, 6) is 0.553. The minimum absolute atomic E-state index is 0.370. The highest BCUT2D eigenvalue weighted by Gasteiger charge is 2.21. The molecule has 0 amide bonds. The number of allylic oxidation sites excluding steroid dienone is 2. The van der Waals surface area contributed by atoms with Crippen molar-refractivity contribution in [3.8, 4) is 0 Å². The zero-order chi connectivity index (χ0) is 13.2. The lowest BCUT2D eigenvalue weighted by atomic mass is 9.91. The van der Waals surface area contributed by atoms with Gasteiger partial charge in [-0.2, -0.15) is 0 Å². The monoisotopic (exact) mass is 261 g/mol. The van der Waals surface area contributed by atoms with Gasteiger partial charge in [-0.25, -0.2) is 0 Å². The third-order valence-electron chi connectivity index (χ3n) is 3.90. The van der Waals surface area contributed by atoms with E-state index in [1.807, 2.05) is 0 Å².